The Morgan fingerprint density at radius 1 is 1.24 bits per heavy atom. The summed E-state index contributed by atoms with van der Waals surface area (Å²) in [5, 5.41) is 2.78. The summed E-state index contributed by atoms with van der Waals surface area (Å²) in [7, 11) is 0. The highest BCUT2D eigenvalue weighted by Crippen LogP contribution is 2.28. The monoisotopic (exact) mass is 389 g/mol. The van der Waals surface area contributed by atoms with Crippen molar-refractivity contribution in [2.45, 2.75) is 45.4 Å². The second-order valence-corrected chi connectivity index (χ2v) is 7.92. The maximum Gasteiger partial charge on any atom is 0.246 e. The molecule has 0 aromatic carbocycles. The lowest BCUT2D eigenvalue weighted by Crippen LogP contribution is -2.31. The summed E-state index contributed by atoms with van der Waals surface area (Å²) in [6.07, 6.45) is 17.3. The van der Waals surface area contributed by atoms with Crippen molar-refractivity contribution < 1.29 is 9.59 Å². The average molecular weight is 389 g/mol. The molecule has 2 amide bonds. The summed E-state index contributed by atoms with van der Waals surface area (Å²) in [6.45, 7) is 3.60. The van der Waals surface area contributed by atoms with E-state index in [1.807, 2.05) is 17.0 Å². The van der Waals surface area contributed by atoms with Gasteiger partial charge in [-0.1, -0.05) is 23.8 Å². The normalized spacial score (nSPS) is 19.7. The van der Waals surface area contributed by atoms with Crippen LogP contribution in [0.25, 0.3) is 6.08 Å². The minimum atomic E-state index is 0.00640. The van der Waals surface area contributed by atoms with Crippen LogP contribution >= 0.6 is 0 Å². The number of carbonyl (C=O) groups is 2. The highest BCUT2D eigenvalue weighted by Gasteiger charge is 2.19. The van der Waals surface area contributed by atoms with E-state index >= 15 is 0 Å². The van der Waals surface area contributed by atoms with Crippen molar-refractivity contribution in [1.82, 2.24) is 9.88 Å². The lowest BCUT2D eigenvalue weighted by Gasteiger charge is -2.20. The number of allylic oxidation sites excluding steroid dienone is 5. The van der Waals surface area contributed by atoms with Crippen molar-refractivity contribution in [2.75, 3.05) is 18.4 Å². The number of aryl methyl sites for hydroxylation is 1. The van der Waals surface area contributed by atoms with Crippen LogP contribution in [0.3, 0.4) is 0 Å². The van der Waals surface area contributed by atoms with Gasteiger partial charge in [-0.25, -0.2) is 4.98 Å². The molecule has 0 fully saturated rings. The topological polar surface area (TPSA) is 62.3 Å². The molecular formula is C24H27N3O2. The molecule has 0 bridgehead atoms. The molecule has 1 N–H and O–H groups in total. The first-order valence-corrected chi connectivity index (χ1v) is 10.4. The summed E-state index contributed by atoms with van der Waals surface area (Å²) in [4.78, 5) is 30.5. The number of aromatic nitrogens is 1. The van der Waals surface area contributed by atoms with Crippen LogP contribution in [0.4, 0.5) is 5.82 Å². The third-order valence-electron chi connectivity index (χ3n) is 5.74. The van der Waals surface area contributed by atoms with Gasteiger partial charge in [0.15, 0.2) is 0 Å². The summed E-state index contributed by atoms with van der Waals surface area (Å²) < 4.78 is 0. The summed E-state index contributed by atoms with van der Waals surface area (Å²) in [5.74, 6) is 0.674. The zero-order valence-corrected chi connectivity index (χ0v) is 16.9. The van der Waals surface area contributed by atoms with E-state index in [0.29, 0.717) is 25.2 Å². The Bertz CT molecular complexity index is 953. The Hall–Kier alpha value is -2.95. The number of amides is 2. The van der Waals surface area contributed by atoms with Crippen LogP contribution in [0.2, 0.25) is 0 Å². The van der Waals surface area contributed by atoms with Gasteiger partial charge in [0.05, 0.1) is 0 Å². The van der Waals surface area contributed by atoms with Crippen LogP contribution in [-0.2, 0) is 16.0 Å². The van der Waals surface area contributed by atoms with Crippen molar-refractivity contribution in [3.05, 3.63) is 64.4 Å². The van der Waals surface area contributed by atoms with E-state index in [-0.39, 0.29) is 11.8 Å². The summed E-state index contributed by atoms with van der Waals surface area (Å²) >= 11 is 0. The molecule has 1 aromatic rings. The van der Waals surface area contributed by atoms with Gasteiger partial charge in [0.1, 0.15) is 5.82 Å². The molecule has 0 saturated carbocycles. The molecule has 5 nitrogen and oxygen atoms in total. The molecular weight excluding hydrogens is 362 g/mol. The molecule has 150 valence electrons. The molecule has 3 heterocycles. The second kappa shape index (κ2) is 8.60. The van der Waals surface area contributed by atoms with E-state index < -0.39 is 0 Å². The Morgan fingerprint density at radius 3 is 2.97 bits per heavy atom. The molecule has 3 aliphatic rings. The number of rotatable bonds is 3. The van der Waals surface area contributed by atoms with Crippen LogP contribution in [0.1, 0.15) is 50.2 Å². The lowest BCUT2D eigenvalue weighted by molar-refractivity contribution is -0.125. The molecule has 29 heavy (non-hydrogen) atoms. The van der Waals surface area contributed by atoms with Gasteiger partial charge in [-0.3, -0.25) is 9.59 Å². The van der Waals surface area contributed by atoms with Crippen LogP contribution in [0.15, 0.2) is 53.3 Å². The third-order valence-corrected chi connectivity index (χ3v) is 5.74. The van der Waals surface area contributed by atoms with Gasteiger partial charge in [-0.05, 0) is 73.4 Å². The van der Waals surface area contributed by atoms with Crippen LogP contribution in [-0.4, -0.2) is 34.8 Å². The third kappa shape index (κ3) is 4.56. The van der Waals surface area contributed by atoms with Crippen molar-refractivity contribution in [3.8, 4) is 0 Å². The first kappa shape index (κ1) is 19.4. The predicted molar refractivity (Wildman–Crippen MR) is 115 cm³/mol. The van der Waals surface area contributed by atoms with Gasteiger partial charge < -0.3 is 10.2 Å². The highest BCUT2D eigenvalue weighted by atomic mass is 16.2. The molecule has 4 rings (SSSR count). The Balaban J connectivity index is 1.44. The Labute approximate surface area is 171 Å². The Kier molecular flexibility index (Phi) is 5.74. The number of carbonyl (C=O) groups excluding carboxylic acids is 2. The van der Waals surface area contributed by atoms with Gasteiger partial charge in [-0.15, -0.1) is 0 Å². The van der Waals surface area contributed by atoms with Gasteiger partial charge in [0, 0.05) is 31.8 Å². The number of nitrogens with one attached hydrogen (secondary N) is 1. The van der Waals surface area contributed by atoms with E-state index in [1.54, 1.807) is 12.3 Å². The number of pyridine rings is 1. The first-order chi connectivity index (χ1) is 14.1. The average Bonchev–Trinajstić information content (AvgIpc) is 2.94. The van der Waals surface area contributed by atoms with Crippen LogP contribution < -0.4 is 5.32 Å². The molecule has 0 radical (unpaired) electrons. The van der Waals surface area contributed by atoms with E-state index in [0.717, 1.165) is 43.4 Å². The number of hydrogen-bond acceptors (Lipinski definition) is 3. The van der Waals surface area contributed by atoms with Crippen molar-refractivity contribution in [2.24, 2.45) is 0 Å². The fourth-order valence-electron chi connectivity index (χ4n) is 4.18. The molecule has 1 aliphatic carbocycles. The van der Waals surface area contributed by atoms with Crippen LogP contribution in [0, 0.1) is 0 Å². The van der Waals surface area contributed by atoms with E-state index in [9.17, 15) is 9.59 Å². The van der Waals surface area contributed by atoms with Gasteiger partial charge >= 0.3 is 0 Å². The molecule has 0 atom stereocenters. The SMILES string of the molecule is CC1=C(C2=CCCC=C2)CCCN(C(=O)/C=C/c2cnc3c(c2)CCC(=O)N3)C1. The number of hydrogen-bond donors (Lipinski definition) is 1. The van der Waals surface area contributed by atoms with Gasteiger partial charge in [0.25, 0.3) is 0 Å². The zero-order valence-electron chi connectivity index (χ0n) is 16.9. The smallest absolute Gasteiger partial charge is 0.246 e. The molecule has 2 aliphatic heterocycles. The highest BCUT2D eigenvalue weighted by molar-refractivity contribution is 5.94. The molecule has 5 heteroatoms. The maximum absolute atomic E-state index is 12.8. The lowest BCUT2D eigenvalue weighted by atomic mass is 9.93. The fourth-order valence-corrected chi connectivity index (χ4v) is 4.18. The standard InChI is InChI=1S/C24H27N3O2/c1-17-16-27(13-5-8-21(17)19-6-3-2-4-7-19)23(29)12-9-18-14-20-10-11-22(28)26-24(20)25-15-18/h3,6-7,9,12,14-15H,2,4-5,8,10-11,13,16H2,1H3,(H,25,26,28)/b12-9+. The minimum absolute atomic E-state index is 0.00640. The number of anilines is 1. The predicted octanol–water partition coefficient (Wildman–Crippen LogP) is 4.19. The van der Waals surface area contributed by atoms with E-state index in [4.69, 9.17) is 0 Å². The van der Waals surface area contributed by atoms with E-state index in [2.05, 4.69) is 35.5 Å². The van der Waals surface area contributed by atoms with Crippen molar-refractivity contribution >= 4 is 23.7 Å². The van der Waals surface area contributed by atoms with Crippen molar-refractivity contribution in [3.63, 3.8) is 0 Å². The number of fused-ring (bicyclic) bond motifs is 1. The van der Waals surface area contributed by atoms with Gasteiger partial charge in [-0.2, -0.15) is 0 Å². The number of nitrogens with zero attached hydrogens (tertiary/aromatic N) is 2. The Morgan fingerprint density at radius 2 is 2.14 bits per heavy atom. The summed E-state index contributed by atoms with van der Waals surface area (Å²) in [5.41, 5.74) is 5.93. The van der Waals surface area contributed by atoms with Gasteiger partial charge in [0.2, 0.25) is 11.8 Å². The van der Waals surface area contributed by atoms with Crippen LogP contribution in [0.5, 0.6) is 0 Å². The van der Waals surface area contributed by atoms with Crippen molar-refractivity contribution in [1.29, 1.82) is 0 Å². The maximum atomic E-state index is 12.8. The quantitative estimate of drug-likeness (QED) is 0.789. The second-order valence-electron chi connectivity index (χ2n) is 7.92. The van der Waals surface area contributed by atoms with E-state index in [1.165, 1.54) is 16.7 Å². The zero-order chi connectivity index (χ0) is 20.2. The summed E-state index contributed by atoms with van der Waals surface area (Å²) in [6, 6.07) is 2.00. The molecule has 0 spiro atoms. The molecule has 0 unspecified atom stereocenters. The molecule has 0 saturated heterocycles. The molecule has 1 aromatic heterocycles. The minimum Gasteiger partial charge on any atom is -0.335 e. The first-order valence-electron chi connectivity index (χ1n) is 10.4. The fraction of sp³-hybridized carbons (Fsp3) is 0.375. The largest absolute Gasteiger partial charge is 0.335 e.